The summed E-state index contributed by atoms with van der Waals surface area (Å²) in [7, 11) is 1.68. The quantitative estimate of drug-likeness (QED) is 0.344. The van der Waals surface area contributed by atoms with Gasteiger partial charge in [0.1, 0.15) is 5.75 Å². The number of thiocarbonyl (C=S) groups is 1. The number of methoxy groups -OCH3 is 1. The molecule has 0 spiro atoms. The van der Waals surface area contributed by atoms with Crippen molar-refractivity contribution in [2.45, 2.75) is 31.2 Å². The summed E-state index contributed by atoms with van der Waals surface area (Å²) in [6.45, 7) is 0.158. The third-order valence-corrected chi connectivity index (χ3v) is 7.69. The Bertz CT molecular complexity index is 1120. The Morgan fingerprint density at radius 3 is 2.75 bits per heavy atom. The van der Waals surface area contributed by atoms with Gasteiger partial charge in [-0.2, -0.15) is 0 Å². The predicted octanol–water partition coefficient (Wildman–Crippen LogP) is 4.81. The smallest absolute Gasteiger partial charge is 0.294 e. The summed E-state index contributed by atoms with van der Waals surface area (Å²) in [5.41, 5.74) is 4.71. The van der Waals surface area contributed by atoms with Crippen LogP contribution < -0.4 is 9.64 Å². The molecule has 1 amide bonds. The molecule has 0 N–H and O–H groups in total. The molecule has 32 heavy (non-hydrogen) atoms. The van der Waals surface area contributed by atoms with Crippen LogP contribution in [0.2, 0.25) is 0 Å². The molecule has 2 aromatic rings. The molecular formula is C24H22N2O4S2. The van der Waals surface area contributed by atoms with E-state index >= 15 is 0 Å². The minimum absolute atomic E-state index is 0.156. The molecule has 3 aliphatic rings. The zero-order valence-electron chi connectivity index (χ0n) is 17.5. The molecule has 1 saturated carbocycles. The summed E-state index contributed by atoms with van der Waals surface area (Å²) < 4.78 is 10.4. The Morgan fingerprint density at radius 1 is 1.19 bits per heavy atom. The molecule has 6 nitrogen and oxygen atoms in total. The van der Waals surface area contributed by atoms with E-state index in [4.69, 9.17) is 21.7 Å². The van der Waals surface area contributed by atoms with Crippen molar-refractivity contribution in [3.8, 4) is 5.75 Å². The summed E-state index contributed by atoms with van der Waals surface area (Å²) in [5.74, 6) is 1.10. The van der Waals surface area contributed by atoms with E-state index in [1.807, 2.05) is 24.3 Å². The van der Waals surface area contributed by atoms with Gasteiger partial charge in [0.25, 0.3) is 12.4 Å². The molecule has 0 radical (unpaired) electrons. The van der Waals surface area contributed by atoms with E-state index in [0.29, 0.717) is 27.7 Å². The van der Waals surface area contributed by atoms with Crippen molar-refractivity contribution < 1.29 is 19.1 Å². The van der Waals surface area contributed by atoms with Crippen LogP contribution in [0.15, 0.2) is 47.4 Å². The van der Waals surface area contributed by atoms with Crippen molar-refractivity contribution in [2.24, 2.45) is 0 Å². The minimum atomic E-state index is -0.235. The Hall–Kier alpha value is -2.84. The van der Waals surface area contributed by atoms with Crippen LogP contribution in [-0.4, -0.2) is 41.5 Å². The molecule has 2 aliphatic heterocycles. The number of amides is 1. The molecule has 2 heterocycles. The van der Waals surface area contributed by atoms with Gasteiger partial charge < -0.3 is 14.4 Å². The Labute approximate surface area is 196 Å². The summed E-state index contributed by atoms with van der Waals surface area (Å²) in [4.78, 5) is 27.4. The maximum Gasteiger partial charge on any atom is 0.294 e. The minimum Gasteiger partial charge on any atom is -0.497 e. The molecule has 8 heteroatoms. The highest BCUT2D eigenvalue weighted by Gasteiger charge is 2.42. The molecule has 2 fully saturated rings. The lowest BCUT2D eigenvalue weighted by atomic mass is 9.96. The third kappa shape index (κ3) is 3.57. The molecular weight excluding hydrogens is 444 g/mol. The molecule has 1 aliphatic carbocycles. The zero-order chi connectivity index (χ0) is 22.2. The lowest BCUT2D eigenvalue weighted by Gasteiger charge is -2.27. The van der Waals surface area contributed by atoms with E-state index < -0.39 is 0 Å². The highest BCUT2D eigenvalue weighted by atomic mass is 32.2. The molecule has 0 unspecified atom stereocenters. The number of thioether (sulfide) groups is 1. The van der Waals surface area contributed by atoms with Gasteiger partial charge in [-0.1, -0.05) is 36.5 Å². The molecule has 5 rings (SSSR count). The number of fused-ring (bicyclic) bond motifs is 3. The van der Waals surface area contributed by atoms with Gasteiger partial charge in [-0.05, 0) is 66.4 Å². The van der Waals surface area contributed by atoms with Crippen LogP contribution in [0, 0.1) is 0 Å². The first-order valence-corrected chi connectivity index (χ1v) is 11.7. The number of carbonyl (C=O) groups is 2. The number of benzene rings is 2. The number of ether oxygens (including phenoxy) is 2. The first-order valence-electron chi connectivity index (χ1n) is 10.5. The monoisotopic (exact) mass is 466 g/mol. The van der Waals surface area contributed by atoms with Crippen LogP contribution in [0.4, 0.5) is 11.4 Å². The van der Waals surface area contributed by atoms with E-state index in [2.05, 4.69) is 29.2 Å². The summed E-state index contributed by atoms with van der Waals surface area (Å²) in [5, 5.41) is 0. The number of nitrogens with zero attached hydrogens (tertiary/aromatic N) is 2. The Kier molecular flexibility index (Phi) is 5.65. The van der Waals surface area contributed by atoms with Gasteiger partial charge in [0.2, 0.25) is 0 Å². The van der Waals surface area contributed by atoms with Crippen molar-refractivity contribution in [2.75, 3.05) is 18.7 Å². The third-order valence-electron chi connectivity index (χ3n) is 6.32. The number of hydrogen-bond acceptors (Lipinski definition) is 7. The first-order chi connectivity index (χ1) is 15.6. The second-order valence-corrected chi connectivity index (χ2v) is 9.67. The van der Waals surface area contributed by atoms with Crippen LogP contribution in [0.1, 0.15) is 36.3 Å². The molecule has 1 saturated heterocycles. The second-order valence-electron chi connectivity index (χ2n) is 7.99. The first kappa shape index (κ1) is 21.0. The highest BCUT2D eigenvalue weighted by Crippen LogP contribution is 2.52. The lowest BCUT2D eigenvalue weighted by Crippen LogP contribution is -2.30. The molecule has 0 aromatic heterocycles. The van der Waals surface area contributed by atoms with Crippen LogP contribution in [0.3, 0.4) is 0 Å². The number of carbonyl (C=O) groups excluding carboxylic acids is 2. The van der Waals surface area contributed by atoms with Gasteiger partial charge >= 0.3 is 0 Å². The predicted molar refractivity (Wildman–Crippen MR) is 129 cm³/mol. The van der Waals surface area contributed by atoms with E-state index in [0.717, 1.165) is 17.7 Å². The molecule has 2 aromatic carbocycles. The van der Waals surface area contributed by atoms with E-state index in [1.165, 1.54) is 46.4 Å². The van der Waals surface area contributed by atoms with Gasteiger partial charge in [0, 0.05) is 23.3 Å². The maximum absolute atomic E-state index is 12.7. The fraction of sp³-hybridized carbons (Fsp3) is 0.292. The largest absolute Gasteiger partial charge is 0.497 e. The fourth-order valence-electron chi connectivity index (χ4n) is 4.91. The number of hydrogen-bond donors (Lipinski definition) is 0. The van der Waals surface area contributed by atoms with Crippen LogP contribution in [0.25, 0.3) is 6.08 Å². The van der Waals surface area contributed by atoms with Crippen molar-refractivity contribution in [3.05, 3.63) is 58.5 Å². The Morgan fingerprint density at radius 2 is 2.00 bits per heavy atom. The normalized spacial score (nSPS) is 23.0. The van der Waals surface area contributed by atoms with E-state index in [9.17, 15) is 9.59 Å². The average Bonchev–Trinajstić information content (AvgIpc) is 3.46. The van der Waals surface area contributed by atoms with Gasteiger partial charge in [-0.15, -0.1) is 0 Å². The maximum atomic E-state index is 12.7. The van der Waals surface area contributed by atoms with Crippen molar-refractivity contribution >= 4 is 58.1 Å². The SMILES string of the molecule is COc1ccc(N2c3ccc(/C=C4\SC(=S)N(COC=O)C4=O)cc3[C@@H]3CCC[C@@H]32)cc1. The highest BCUT2D eigenvalue weighted by molar-refractivity contribution is 8.26. The van der Waals surface area contributed by atoms with Crippen LogP contribution in [0.5, 0.6) is 5.75 Å². The van der Waals surface area contributed by atoms with Crippen molar-refractivity contribution in [1.29, 1.82) is 0 Å². The average molecular weight is 467 g/mol. The topological polar surface area (TPSA) is 59.1 Å². The second kappa shape index (κ2) is 8.60. The van der Waals surface area contributed by atoms with Crippen LogP contribution >= 0.6 is 24.0 Å². The van der Waals surface area contributed by atoms with Crippen LogP contribution in [-0.2, 0) is 14.3 Å². The van der Waals surface area contributed by atoms with E-state index in [-0.39, 0.29) is 12.6 Å². The van der Waals surface area contributed by atoms with Gasteiger partial charge in [0.15, 0.2) is 11.1 Å². The van der Waals surface area contributed by atoms with Crippen molar-refractivity contribution in [3.63, 3.8) is 0 Å². The fourth-order valence-corrected chi connectivity index (χ4v) is 6.14. The Balaban J connectivity index is 1.46. The number of anilines is 2. The zero-order valence-corrected chi connectivity index (χ0v) is 19.2. The standard InChI is InChI=1S/C24H22N2O4S2/c1-29-17-8-6-16(7-9-17)26-20-4-2-3-18(20)19-11-15(5-10-21(19)26)12-22-23(28)25(13-30-14-27)24(31)32-22/h5-12,14,18,20H,2-4,13H2,1H3/b22-12-/t18-,20-/m0/s1. The van der Waals surface area contributed by atoms with E-state index in [1.54, 1.807) is 7.11 Å². The van der Waals surface area contributed by atoms with Crippen molar-refractivity contribution in [1.82, 2.24) is 4.90 Å². The van der Waals surface area contributed by atoms with Gasteiger partial charge in [-0.3, -0.25) is 14.5 Å². The van der Waals surface area contributed by atoms with Gasteiger partial charge in [-0.25, -0.2) is 0 Å². The molecule has 164 valence electrons. The van der Waals surface area contributed by atoms with Gasteiger partial charge in [0.05, 0.1) is 12.0 Å². The number of rotatable bonds is 6. The summed E-state index contributed by atoms with van der Waals surface area (Å²) in [6, 6.07) is 15.1. The molecule has 0 bridgehead atoms. The lowest BCUT2D eigenvalue weighted by molar-refractivity contribution is -0.135. The molecule has 2 atom stereocenters. The summed E-state index contributed by atoms with van der Waals surface area (Å²) >= 11 is 6.50. The summed E-state index contributed by atoms with van der Waals surface area (Å²) in [6.07, 6.45) is 5.41.